The van der Waals surface area contributed by atoms with Gasteiger partial charge in [0.15, 0.2) is 0 Å². The lowest BCUT2D eigenvalue weighted by molar-refractivity contribution is -0.187. The molecule has 10 heteroatoms. The van der Waals surface area contributed by atoms with Crippen molar-refractivity contribution in [1.82, 2.24) is 14.5 Å². The van der Waals surface area contributed by atoms with Gasteiger partial charge in [-0.1, -0.05) is 6.07 Å². The van der Waals surface area contributed by atoms with E-state index in [-0.39, 0.29) is 24.4 Å². The van der Waals surface area contributed by atoms with E-state index in [1.54, 1.807) is 31.3 Å². The van der Waals surface area contributed by atoms with E-state index in [0.29, 0.717) is 29.7 Å². The molecule has 0 unspecified atom stereocenters. The zero-order chi connectivity index (χ0) is 27.1. The minimum atomic E-state index is -4.57. The Hall–Kier alpha value is -3.87. The van der Waals surface area contributed by atoms with E-state index < -0.39 is 18.0 Å². The van der Waals surface area contributed by atoms with Crippen LogP contribution in [0.3, 0.4) is 0 Å². The zero-order valence-electron chi connectivity index (χ0n) is 21.1. The minimum Gasteiger partial charge on any atom is -0.339 e. The Labute approximate surface area is 212 Å². The molecule has 1 aliphatic rings. The number of carbonyl (C=O) groups is 2. The molecule has 2 aromatic heterocycles. The van der Waals surface area contributed by atoms with Gasteiger partial charge in [-0.05, 0) is 68.9 Å². The summed E-state index contributed by atoms with van der Waals surface area (Å²) in [6.07, 6.45) is 0.0434. The maximum atomic E-state index is 13.1. The van der Waals surface area contributed by atoms with Crippen molar-refractivity contribution in [3.8, 4) is 6.07 Å². The van der Waals surface area contributed by atoms with Crippen molar-refractivity contribution < 1.29 is 22.8 Å². The maximum Gasteiger partial charge on any atom is 0.400 e. The van der Waals surface area contributed by atoms with Crippen molar-refractivity contribution in [1.29, 1.82) is 5.26 Å². The number of nitrogens with zero attached hydrogens (tertiary/aromatic N) is 4. The van der Waals surface area contributed by atoms with Gasteiger partial charge in [0.05, 0.1) is 23.5 Å². The van der Waals surface area contributed by atoms with E-state index in [1.165, 1.54) is 11.0 Å². The molecule has 0 saturated carbocycles. The number of piperidine rings is 1. The summed E-state index contributed by atoms with van der Waals surface area (Å²) < 4.78 is 41.3. The summed E-state index contributed by atoms with van der Waals surface area (Å²) in [6.45, 7) is 4.82. The van der Waals surface area contributed by atoms with Crippen LogP contribution in [0.2, 0.25) is 0 Å². The quantitative estimate of drug-likeness (QED) is 0.515. The average Bonchev–Trinajstić information content (AvgIpc) is 3.21. The number of anilines is 1. The molecule has 2 amide bonds. The molecule has 1 aromatic carbocycles. The molecule has 37 heavy (non-hydrogen) atoms. The third-order valence-corrected chi connectivity index (χ3v) is 7.24. The van der Waals surface area contributed by atoms with Crippen LogP contribution in [-0.4, -0.2) is 45.0 Å². The number of aryl methyl sites for hydroxylation is 2. The Morgan fingerprint density at radius 2 is 2.03 bits per heavy atom. The fourth-order valence-electron chi connectivity index (χ4n) is 5.07. The highest BCUT2D eigenvalue weighted by atomic mass is 19.4. The van der Waals surface area contributed by atoms with E-state index in [9.17, 15) is 22.8 Å². The van der Waals surface area contributed by atoms with Crippen LogP contribution in [-0.2, 0) is 11.8 Å². The molecule has 3 atom stereocenters. The van der Waals surface area contributed by atoms with Gasteiger partial charge in [0.1, 0.15) is 11.6 Å². The number of fused-ring (bicyclic) bond motifs is 1. The van der Waals surface area contributed by atoms with Crippen molar-refractivity contribution in [2.45, 2.75) is 51.7 Å². The summed E-state index contributed by atoms with van der Waals surface area (Å²) in [5.74, 6) is -3.27. The van der Waals surface area contributed by atoms with Crippen LogP contribution in [0.1, 0.15) is 59.7 Å². The van der Waals surface area contributed by atoms with Crippen molar-refractivity contribution in [3.63, 3.8) is 0 Å². The van der Waals surface area contributed by atoms with Gasteiger partial charge in [0, 0.05) is 36.8 Å². The Bertz CT molecular complexity index is 1410. The second-order valence-electron chi connectivity index (χ2n) is 9.70. The maximum absolute atomic E-state index is 13.1. The number of hydrogen-bond acceptors (Lipinski definition) is 4. The lowest BCUT2D eigenvalue weighted by Crippen LogP contribution is -2.49. The largest absolute Gasteiger partial charge is 0.400 e. The topological polar surface area (TPSA) is 91.0 Å². The highest BCUT2D eigenvalue weighted by molar-refractivity contribution is 6.06. The first-order valence-corrected chi connectivity index (χ1v) is 12.1. The predicted octanol–water partition coefficient (Wildman–Crippen LogP) is 5.30. The van der Waals surface area contributed by atoms with Crippen LogP contribution in [0.4, 0.5) is 18.9 Å². The summed E-state index contributed by atoms with van der Waals surface area (Å²) >= 11 is 0. The molecule has 1 fully saturated rings. The molecule has 1 N–H and O–H groups in total. The standard InChI is InChI=1S/C27H28F3N5O2/c1-15-10-19(8-9-35(15)26(37)17(3)27(28,29)30)21-14-34(4)24-23(21)16(2)22(13-32-24)33-25(36)20-7-5-6-18(11-20)12-31/h5-7,11,13-15,17,19H,8-10H2,1-4H3,(H,33,36)/t15-,17+,19-/m1/s1. The van der Waals surface area contributed by atoms with Crippen LogP contribution >= 0.6 is 0 Å². The summed E-state index contributed by atoms with van der Waals surface area (Å²) in [7, 11) is 1.87. The molecule has 7 nitrogen and oxygen atoms in total. The van der Waals surface area contributed by atoms with E-state index in [1.807, 2.05) is 30.8 Å². The fraction of sp³-hybridized carbons (Fsp3) is 0.407. The number of benzene rings is 1. The molecule has 4 rings (SSSR count). The molecule has 194 valence electrons. The zero-order valence-corrected chi connectivity index (χ0v) is 21.1. The molecule has 1 saturated heterocycles. The minimum absolute atomic E-state index is 0.0164. The second-order valence-corrected chi connectivity index (χ2v) is 9.70. The Morgan fingerprint density at radius 3 is 2.68 bits per heavy atom. The smallest absolute Gasteiger partial charge is 0.339 e. The van der Waals surface area contributed by atoms with E-state index >= 15 is 0 Å². The van der Waals surface area contributed by atoms with Gasteiger partial charge in [-0.15, -0.1) is 0 Å². The van der Waals surface area contributed by atoms with Gasteiger partial charge >= 0.3 is 6.18 Å². The molecule has 3 aromatic rings. The normalized spacial score (nSPS) is 18.9. The van der Waals surface area contributed by atoms with Crippen LogP contribution in [0.25, 0.3) is 11.0 Å². The van der Waals surface area contributed by atoms with Gasteiger partial charge in [-0.3, -0.25) is 9.59 Å². The van der Waals surface area contributed by atoms with Crippen molar-refractivity contribution >= 4 is 28.5 Å². The number of pyridine rings is 1. The number of rotatable bonds is 4. The number of carbonyl (C=O) groups excluding carboxylic acids is 2. The van der Waals surface area contributed by atoms with Gasteiger partial charge in [-0.2, -0.15) is 18.4 Å². The summed E-state index contributed by atoms with van der Waals surface area (Å²) in [6, 6.07) is 8.07. The van der Waals surface area contributed by atoms with Crippen molar-refractivity contribution in [2.24, 2.45) is 13.0 Å². The first kappa shape index (κ1) is 26.2. The number of nitriles is 1. The lowest BCUT2D eigenvalue weighted by atomic mass is 9.84. The second kappa shape index (κ2) is 9.88. The molecule has 0 spiro atoms. The fourth-order valence-corrected chi connectivity index (χ4v) is 5.07. The molecule has 3 heterocycles. The molecular formula is C27H28F3N5O2. The first-order valence-electron chi connectivity index (χ1n) is 12.1. The predicted molar refractivity (Wildman–Crippen MR) is 133 cm³/mol. The van der Waals surface area contributed by atoms with Crippen LogP contribution < -0.4 is 5.32 Å². The molecule has 0 bridgehead atoms. The number of nitrogens with one attached hydrogen (secondary N) is 1. The van der Waals surface area contributed by atoms with E-state index in [0.717, 1.165) is 29.1 Å². The molecule has 0 radical (unpaired) electrons. The molecule has 0 aliphatic carbocycles. The monoisotopic (exact) mass is 511 g/mol. The number of aromatic nitrogens is 2. The number of hydrogen-bond donors (Lipinski definition) is 1. The van der Waals surface area contributed by atoms with Crippen LogP contribution in [0.15, 0.2) is 36.7 Å². The number of halogens is 3. The third kappa shape index (κ3) is 5.03. The van der Waals surface area contributed by atoms with Gasteiger partial charge in [-0.25, -0.2) is 4.98 Å². The van der Waals surface area contributed by atoms with Crippen LogP contribution in [0, 0.1) is 24.2 Å². The van der Waals surface area contributed by atoms with Gasteiger partial charge < -0.3 is 14.8 Å². The Kier molecular flexibility index (Phi) is 7.00. The molecule has 1 aliphatic heterocycles. The number of amides is 2. The van der Waals surface area contributed by atoms with Crippen molar-refractivity contribution in [2.75, 3.05) is 11.9 Å². The Morgan fingerprint density at radius 1 is 1.30 bits per heavy atom. The number of likely N-dealkylation sites (tertiary alicyclic amines) is 1. The van der Waals surface area contributed by atoms with Gasteiger partial charge in [0.25, 0.3) is 5.91 Å². The average molecular weight is 512 g/mol. The highest BCUT2D eigenvalue weighted by Gasteiger charge is 2.45. The lowest BCUT2D eigenvalue weighted by Gasteiger charge is -2.39. The Balaban J connectivity index is 1.60. The van der Waals surface area contributed by atoms with E-state index in [2.05, 4.69) is 10.3 Å². The summed E-state index contributed by atoms with van der Waals surface area (Å²) in [5, 5.41) is 12.9. The summed E-state index contributed by atoms with van der Waals surface area (Å²) in [5.41, 5.74) is 3.81. The highest BCUT2D eigenvalue weighted by Crippen LogP contribution is 2.39. The van der Waals surface area contributed by atoms with Crippen molar-refractivity contribution in [3.05, 3.63) is 58.9 Å². The van der Waals surface area contributed by atoms with Gasteiger partial charge in [0.2, 0.25) is 5.91 Å². The van der Waals surface area contributed by atoms with E-state index in [4.69, 9.17) is 5.26 Å². The third-order valence-electron chi connectivity index (χ3n) is 7.24. The molecular weight excluding hydrogens is 483 g/mol. The SMILES string of the molecule is Cc1c(NC(=O)c2cccc(C#N)c2)cnc2c1c([C@@H]1CCN(C(=O)[C@H](C)C(F)(F)F)[C@H](C)C1)cn2C. The van der Waals surface area contributed by atoms with Crippen LogP contribution in [0.5, 0.6) is 0 Å². The first-order chi connectivity index (χ1) is 17.4. The number of alkyl halides is 3. The summed E-state index contributed by atoms with van der Waals surface area (Å²) in [4.78, 5) is 31.3.